The molecule has 0 aromatic carbocycles. The fraction of sp³-hybridized carbons (Fsp3) is 1.00. The van der Waals surface area contributed by atoms with Crippen molar-refractivity contribution < 1.29 is 8.42 Å². The summed E-state index contributed by atoms with van der Waals surface area (Å²) in [6.45, 7) is 5.23. The second-order valence-electron chi connectivity index (χ2n) is 4.38. The first-order chi connectivity index (χ1) is 6.97. The highest BCUT2D eigenvalue weighted by atomic mass is 32.2. The monoisotopic (exact) mass is 235 g/mol. The molecule has 1 aliphatic carbocycles. The molecule has 0 aromatic heterocycles. The van der Waals surface area contributed by atoms with E-state index in [9.17, 15) is 8.42 Å². The van der Waals surface area contributed by atoms with Gasteiger partial charge < -0.3 is 5.73 Å². The predicted octanol–water partition coefficient (Wildman–Crippen LogP) is -0.100. The standard InChI is InChI=1S/C9H21N3O2S/c1-8(2)7-11-15(13,14)12(6-5-10)9-3-4-9/h8-9,11H,3-7,10H2,1-2H3. The van der Waals surface area contributed by atoms with Crippen molar-refractivity contribution in [3.63, 3.8) is 0 Å². The Hall–Kier alpha value is -0.170. The van der Waals surface area contributed by atoms with Gasteiger partial charge in [0.15, 0.2) is 0 Å². The number of hydrogen-bond donors (Lipinski definition) is 2. The van der Waals surface area contributed by atoms with Gasteiger partial charge in [0, 0.05) is 25.7 Å². The molecule has 0 atom stereocenters. The van der Waals surface area contributed by atoms with E-state index in [1.807, 2.05) is 13.8 Å². The first kappa shape index (κ1) is 12.9. The Bertz CT molecular complexity index is 286. The van der Waals surface area contributed by atoms with E-state index in [0.717, 1.165) is 12.8 Å². The fourth-order valence-electron chi connectivity index (χ4n) is 1.34. The summed E-state index contributed by atoms with van der Waals surface area (Å²) in [5, 5.41) is 0. The van der Waals surface area contributed by atoms with Crippen molar-refractivity contribution in [1.29, 1.82) is 0 Å². The minimum absolute atomic E-state index is 0.179. The minimum Gasteiger partial charge on any atom is -0.329 e. The first-order valence-electron chi connectivity index (χ1n) is 5.44. The molecule has 0 amide bonds. The third kappa shape index (κ3) is 4.06. The largest absolute Gasteiger partial charge is 0.329 e. The lowest BCUT2D eigenvalue weighted by molar-refractivity contribution is 0.400. The second-order valence-corrected chi connectivity index (χ2v) is 6.09. The average molecular weight is 235 g/mol. The molecule has 0 unspecified atom stereocenters. The van der Waals surface area contributed by atoms with E-state index in [4.69, 9.17) is 5.73 Å². The maximum atomic E-state index is 11.9. The summed E-state index contributed by atoms with van der Waals surface area (Å²) in [6, 6.07) is 0.179. The van der Waals surface area contributed by atoms with Gasteiger partial charge in [-0.15, -0.1) is 0 Å². The number of nitrogens with one attached hydrogen (secondary N) is 1. The van der Waals surface area contributed by atoms with Gasteiger partial charge in [0.05, 0.1) is 0 Å². The van der Waals surface area contributed by atoms with Crippen LogP contribution in [0.2, 0.25) is 0 Å². The number of nitrogens with two attached hydrogens (primary N) is 1. The minimum atomic E-state index is -3.31. The quantitative estimate of drug-likeness (QED) is 0.647. The van der Waals surface area contributed by atoms with Crippen molar-refractivity contribution in [2.24, 2.45) is 11.7 Å². The molecular weight excluding hydrogens is 214 g/mol. The van der Waals surface area contributed by atoms with Crippen LogP contribution in [0, 0.1) is 5.92 Å². The fourth-order valence-corrected chi connectivity index (χ4v) is 3.00. The molecule has 0 bridgehead atoms. The van der Waals surface area contributed by atoms with E-state index in [0.29, 0.717) is 25.6 Å². The van der Waals surface area contributed by atoms with Crippen molar-refractivity contribution in [2.45, 2.75) is 32.7 Å². The highest BCUT2D eigenvalue weighted by Crippen LogP contribution is 2.28. The van der Waals surface area contributed by atoms with Crippen molar-refractivity contribution in [3.8, 4) is 0 Å². The molecule has 90 valence electrons. The zero-order valence-electron chi connectivity index (χ0n) is 9.44. The normalized spacial score (nSPS) is 17.7. The van der Waals surface area contributed by atoms with Gasteiger partial charge in [0.2, 0.25) is 0 Å². The van der Waals surface area contributed by atoms with Crippen LogP contribution in [0.3, 0.4) is 0 Å². The Morgan fingerprint density at radius 2 is 2.07 bits per heavy atom. The summed E-state index contributed by atoms with van der Waals surface area (Å²) in [4.78, 5) is 0. The molecule has 1 aliphatic rings. The molecule has 0 saturated heterocycles. The smallest absolute Gasteiger partial charge is 0.279 e. The molecule has 6 heteroatoms. The average Bonchev–Trinajstić information content (AvgIpc) is 2.94. The molecule has 0 spiro atoms. The first-order valence-corrected chi connectivity index (χ1v) is 6.88. The number of nitrogens with zero attached hydrogens (tertiary/aromatic N) is 1. The van der Waals surface area contributed by atoms with Crippen LogP contribution in [0.25, 0.3) is 0 Å². The molecule has 5 nitrogen and oxygen atoms in total. The lowest BCUT2D eigenvalue weighted by Crippen LogP contribution is -2.45. The van der Waals surface area contributed by atoms with Crippen molar-refractivity contribution in [2.75, 3.05) is 19.6 Å². The summed E-state index contributed by atoms with van der Waals surface area (Å²) in [7, 11) is -3.31. The molecule has 1 saturated carbocycles. The van der Waals surface area contributed by atoms with Gasteiger partial charge in [-0.05, 0) is 18.8 Å². The molecule has 15 heavy (non-hydrogen) atoms. The number of rotatable bonds is 7. The van der Waals surface area contributed by atoms with E-state index < -0.39 is 10.2 Å². The molecule has 1 rings (SSSR count). The van der Waals surface area contributed by atoms with Crippen molar-refractivity contribution in [3.05, 3.63) is 0 Å². The van der Waals surface area contributed by atoms with Crippen LogP contribution in [0.1, 0.15) is 26.7 Å². The highest BCUT2D eigenvalue weighted by molar-refractivity contribution is 7.87. The van der Waals surface area contributed by atoms with Gasteiger partial charge in [-0.3, -0.25) is 0 Å². The van der Waals surface area contributed by atoms with Crippen molar-refractivity contribution in [1.82, 2.24) is 9.03 Å². The Kier molecular flexibility index (Phi) is 4.51. The predicted molar refractivity (Wildman–Crippen MR) is 60.5 cm³/mol. The summed E-state index contributed by atoms with van der Waals surface area (Å²) >= 11 is 0. The summed E-state index contributed by atoms with van der Waals surface area (Å²) in [6.07, 6.45) is 1.92. The van der Waals surface area contributed by atoms with Gasteiger partial charge in [-0.1, -0.05) is 13.8 Å². The summed E-state index contributed by atoms with van der Waals surface area (Å²) < 4.78 is 27.8. The van der Waals surface area contributed by atoms with Crippen LogP contribution in [0.15, 0.2) is 0 Å². The zero-order valence-corrected chi connectivity index (χ0v) is 10.3. The molecule has 0 aromatic rings. The van der Waals surface area contributed by atoms with Crippen LogP contribution in [-0.4, -0.2) is 38.4 Å². The van der Waals surface area contributed by atoms with Crippen LogP contribution in [0.4, 0.5) is 0 Å². The maximum absolute atomic E-state index is 11.9. The van der Waals surface area contributed by atoms with Crippen LogP contribution < -0.4 is 10.5 Å². The number of hydrogen-bond acceptors (Lipinski definition) is 3. The van der Waals surface area contributed by atoms with Gasteiger partial charge in [-0.2, -0.15) is 12.7 Å². The Balaban J connectivity index is 2.55. The SMILES string of the molecule is CC(C)CNS(=O)(=O)N(CCN)C1CC1. The molecule has 0 radical (unpaired) electrons. The van der Waals surface area contributed by atoms with E-state index in [2.05, 4.69) is 4.72 Å². The third-order valence-corrected chi connectivity index (χ3v) is 3.92. The molecule has 3 N–H and O–H groups in total. The van der Waals surface area contributed by atoms with Crippen LogP contribution in [-0.2, 0) is 10.2 Å². The van der Waals surface area contributed by atoms with Crippen molar-refractivity contribution >= 4 is 10.2 Å². The van der Waals surface area contributed by atoms with E-state index in [1.165, 1.54) is 4.31 Å². The van der Waals surface area contributed by atoms with E-state index >= 15 is 0 Å². The second kappa shape index (κ2) is 5.25. The molecule has 0 heterocycles. The highest BCUT2D eigenvalue weighted by Gasteiger charge is 2.36. The van der Waals surface area contributed by atoms with Crippen LogP contribution >= 0.6 is 0 Å². The van der Waals surface area contributed by atoms with Crippen LogP contribution in [0.5, 0.6) is 0 Å². The molecular formula is C9H21N3O2S. The Morgan fingerprint density at radius 3 is 2.47 bits per heavy atom. The Morgan fingerprint density at radius 1 is 1.47 bits per heavy atom. The van der Waals surface area contributed by atoms with Gasteiger partial charge in [0.25, 0.3) is 10.2 Å². The molecule has 1 fully saturated rings. The lowest BCUT2D eigenvalue weighted by atomic mass is 10.2. The Labute approximate surface area is 92.2 Å². The third-order valence-electron chi connectivity index (χ3n) is 2.29. The summed E-state index contributed by atoms with van der Waals surface area (Å²) in [5.74, 6) is 0.318. The van der Waals surface area contributed by atoms with Gasteiger partial charge in [-0.25, -0.2) is 4.72 Å². The summed E-state index contributed by atoms with van der Waals surface area (Å²) in [5.41, 5.74) is 5.41. The topological polar surface area (TPSA) is 75.4 Å². The lowest BCUT2D eigenvalue weighted by Gasteiger charge is -2.21. The molecule has 0 aliphatic heterocycles. The van der Waals surface area contributed by atoms with E-state index in [1.54, 1.807) is 0 Å². The van der Waals surface area contributed by atoms with E-state index in [-0.39, 0.29) is 6.04 Å². The van der Waals surface area contributed by atoms with Gasteiger partial charge >= 0.3 is 0 Å². The maximum Gasteiger partial charge on any atom is 0.279 e. The van der Waals surface area contributed by atoms with Gasteiger partial charge in [0.1, 0.15) is 0 Å². The zero-order chi connectivity index (χ0) is 11.5.